The average molecular weight is 349 g/mol. The van der Waals surface area contributed by atoms with Crippen molar-refractivity contribution in [1.82, 2.24) is 15.1 Å². The molecule has 130 valence electrons. The van der Waals surface area contributed by atoms with Crippen LogP contribution in [0.25, 0.3) is 0 Å². The van der Waals surface area contributed by atoms with Gasteiger partial charge in [-0.05, 0) is 30.5 Å². The van der Waals surface area contributed by atoms with Gasteiger partial charge < -0.3 is 10.6 Å². The van der Waals surface area contributed by atoms with Gasteiger partial charge in [-0.1, -0.05) is 31.5 Å². The van der Waals surface area contributed by atoms with Crippen molar-refractivity contribution in [3.05, 3.63) is 46.2 Å². The van der Waals surface area contributed by atoms with Crippen LogP contribution in [0.15, 0.2) is 24.4 Å². The van der Waals surface area contributed by atoms with E-state index in [2.05, 4.69) is 29.6 Å². The summed E-state index contributed by atoms with van der Waals surface area (Å²) in [5, 5.41) is 11.4. The molecule has 2 N–H and O–H groups in total. The second-order valence-electron chi connectivity index (χ2n) is 6.26. The van der Waals surface area contributed by atoms with E-state index in [0.717, 1.165) is 16.9 Å². The highest BCUT2D eigenvalue weighted by Gasteiger charge is 2.11. The molecule has 1 aromatic heterocycles. The number of carbonyl (C=O) groups excluding carboxylic acids is 1. The Bertz CT molecular complexity index is 709. The van der Waals surface area contributed by atoms with Crippen LogP contribution in [-0.4, -0.2) is 22.2 Å². The van der Waals surface area contributed by atoms with E-state index in [1.165, 1.54) is 5.56 Å². The second-order valence-corrected chi connectivity index (χ2v) is 6.66. The van der Waals surface area contributed by atoms with E-state index in [-0.39, 0.29) is 5.91 Å². The zero-order valence-electron chi connectivity index (χ0n) is 14.7. The maximum Gasteiger partial charge on any atom is 0.225 e. The van der Waals surface area contributed by atoms with Crippen molar-refractivity contribution in [2.75, 3.05) is 11.9 Å². The lowest BCUT2D eigenvalue weighted by molar-refractivity contribution is -0.116. The normalized spacial score (nSPS) is 11.1. The Hall–Kier alpha value is -1.85. The molecule has 0 saturated carbocycles. The molecule has 0 aliphatic heterocycles. The molecule has 0 atom stereocenters. The molecule has 0 bridgehead atoms. The zero-order chi connectivity index (χ0) is 17.7. The fourth-order valence-electron chi connectivity index (χ4n) is 2.56. The van der Waals surface area contributed by atoms with Crippen LogP contribution >= 0.6 is 11.6 Å². The van der Waals surface area contributed by atoms with Gasteiger partial charge in [0.1, 0.15) is 0 Å². The summed E-state index contributed by atoms with van der Waals surface area (Å²) in [6, 6.07) is 5.50. The fourth-order valence-corrected chi connectivity index (χ4v) is 2.73. The largest absolute Gasteiger partial charge is 0.326 e. The molecule has 0 unspecified atom stereocenters. The van der Waals surface area contributed by atoms with Gasteiger partial charge in [0.25, 0.3) is 0 Å². The highest BCUT2D eigenvalue weighted by molar-refractivity contribution is 6.31. The van der Waals surface area contributed by atoms with Crippen LogP contribution in [-0.2, 0) is 18.4 Å². The lowest BCUT2D eigenvalue weighted by Crippen LogP contribution is -2.22. The number of carbonyl (C=O) groups is 1. The van der Waals surface area contributed by atoms with Crippen LogP contribution in [0.3, 0.4) is 0 Å². The minimum atomic E-state index is -0.0249. The van der Waals surface area contributed by atoms with Crippen molar-refractivity contribution in [3.8, 4) is 0 Å². The Kier molecular flexibility index (Phi) is 6.40. The Morgan fingerprint density at radius 1 is 1.38 bits per heavy atom. The minimum absolute atomic E-state index is 0.0249. The van der Waals surface area contributed by atoms with Crippen LogP contribution in [0.5, 0.6) is 0 Å². The van der Waals surface area contributed by atoms with Gasteiger partial charge in [0.15, 0.2) is 0 Å². The Labute approximate surface area is 148 Å². The molecule has 1 aromatic carbocycles. The maximum atomic E-state index is 12.1. The molecule has 1 amide bonds. The highest BCUT2D eigenvalue weighted by atomic mass is 35.5. The third kappa shape index (κ3) is 4.82. The number of halogens is 1. The van der Waals surface area contributed by atoms with E-state index in [9.17, 15) is 4.79 Å². The second kappa shape index (κ2) is 8.31. The molecule has 5 nitrogen and oxygen atoms in total. The average Bonchev–Trinajstić information content (AvgIpc) is 2.89. The lowest BCUT2D eigenvalue weighted by atomic mass is 10.1. The number of aryl methyl sites for hydroxylation is 1. The maximum absolute atomic E-state index is 12.1. The lowest BCUT2D eigenvalue weighted by Gasteiger charge is -2.10. The quantitative estimate of drug-likeness (QED) is 0.751. The third-order valence-corrected chi connectivity index (χ3v) is 4.28. The first-order valence-electron chi connectivity index (χ1n) is 8.16. The van der Waals surface area contributed by atoms with E-state index < -0.39 is 0 Å². The van der Waals surface area contributed by atoms with Crippen LogP contribution in [0, 0.1) is 6.92 Å². The molecule has 0 spiro atoms. The first-order chi connectivity index (χ1) is 11.4. The zero-order valence-corrected chi connectivity index (χ0v) is 15.4. The van der Waals surface area contributed by atoms with Gasteiger partial charge in [0.2, 0.25) is 5.91 Å². The topological polar surface area (TPSA) is 59.0 Å². The number of hydrogen-bond acceptors (Lipinski definition) is 3. The number of amides is 1. The van der Waals surface area contributed by atoms with Crippen molar-refractivity contribution in [2.45, 2.75) is 39.7 Å². The molecule has 0 aliphatic carbocycles. The van der Waals surface area contributed by atoms with Gasteiger partial charge in [-0.15, -0.1) is 0 Å². The molecule has 24 heavy (non-hydrogen) atoms. The summed E-state index contributed by atoms with van der Waals surface area (Å²) in [6.07, 6.45) is 2.43. The summed E-state index contributed by atoms with van der Waals surface area (Å²) in [5.74, 6) is 0.361. The van der Waals surface area contributed by atoms with Crippen LogP contribution < -0.4 is 10.6 Å². The number of nitrogens with zero attached hydrogens (tertiary/aromatic N) is 2. The molecule has 6 heteroatoms. The SMILES string of the molecule is Cc1c(Cl)cccc1NC(=O)CCNCc1cn(C)nc1C(C)C. The molecule has 2 rings (SSSR count). The number of hydrogen-bond donors (Lipinski definition) is 2. The van der Waals surface area contributed by atoms with Gasteiger partial charge in [-0.3, -0.25) is 9.48 Å². The van der Waals surface area contributed by atoms with Crippen molar-refractivity contribution >= 4 is 23.2 Å². The fraction of sp³-hybridized carbons (Fsp3) is 0.444. The van der Waals surface area contributed by atoms with E-state index in [0.29, 0.717) is 30.5 Å². The molecule has 0 aliphatic rings. The Morgan fingerprint density at radius 3 is 2.83 bits per heavy atom. The predicted molar refractivity (Wildman–Crippen MR) is 98.4 cm³/mol. The summed E-state index contributed by atoms with van der Waals surface area (Å²) in [7, 11) is 1.93. The number of anilines is 1. The standard InChI is InChI=1S/C18H25ClN4O/c1-12(2)18-14(11-23(4)22-18)10-20-9-8-17(24)21-16-7-5-6-15(19)13(16)3/h5-7,11-12,20H,8-10H2,1-4H3,(H,21,24). The summed E-state index contributed by atoms with van der Waals surface area (Å²) in [5.41, 5.74) is 3.93. The third-order valence-electron chi connectivity index (χ3n) is 3.87. The van der Waals surface area contributed by atoms with Crippen LogP contribution in [0.2, 0.25) is 5.02 Å². The van der Waals surface area contributed by atoms with Gasteiger partial charge >= 0.3 is 0 Å². The molecular formula is C18H25ClN4O. The summed E-state index contributed by atoms with van der Waals surface area (Å²) in [6.45, 7) is 7.48. The van der Waals surface area contributed by atoms with Crippen molar-refractivity contribution in [1.29, 1.82) is 0 Å². The van der Waals surface area contributed by atoms with E-state index in [1.807, 2.05) is 43.0 Å². The first kappa shape index (κ1) is 18.5. The molecular weight excluding hydrogens is 324 g/mol. The summed E-state index contributed by atoms with van der Waals surface area (Å²) >= 11 is 6.06. The van der Waals surface area contributed by atoms with Crippen molar-refractivity contribution < 1.29 is 4.79 Å². The number of aromatic nitrogens is 2. The minimum Gasteiger partial charge on any atom is -0.326 e. The molecule has 0 radical (unpaired) electrons. The highest BCUT2D eigenvalue weighted by Crippen LogP contribution is 2.23. The number of benzene rings is 1. The summed E-state index contributed by atoms with van der Waals surface area (Å²) in [4.78, 5) is 12.1. The van der Waals surface area contributed by atoms with Gasteiger partial charge in [-0.2, -0.15) is 5.10 Å². The smallest absolute Gasteiger partial charge is 0.225 e. The van der Waals surface area contributed by atoms with E-state index in [1.54, 1.807) is 0 Å². The van der Waals surface area contributed by atoms with Crippen molar-refractivity contribution in [3.63, 3.8) is 0 Å². The Balaban J connectivity index is 1.80. The molecule has 1 heterocycles. The molecule has 2 aromatic rings. The van der Waals surface area contributed by atoms with E-state index in [4.69, 9.17) is 11.6 Å². The summed E-state index contributed by atoms with van der Waals surface area (Å²) < 4.78 is 1.83. The van der Waals surface area contributed by atoms with Gasteiger partial charge in [0, 0.05) is 49.0 Å². The van der Waals surface area contributed by atoms with E-state index >= 15 is 0 Å². The van der Waals surface area contributed by atoms with Crippen LogP contribution in [0.4, 0.5) is 5.69 Å². The van der Waals surface area contributed by atoms with Crippen molar-refractivity contribution in [2.24, 2.45) is 7.05 Å². The van der Waals surface area contributed by atoms with Gasteiger partial charge in [-0.25, -0.2) is 0 Å². The molecule has 0 saturated heterocycles. The Morgan fingerprint density at radius 2 is 2.12 bits per heavy atom. The predicted octanol–water partition coefficient (Wildman–Crippen LogP) is 3.62. The van der Waals surface area contributed by atoms with Crippen LogP contribution in [0.1, 0.15) is 43.0 Å². The van der Waals surface area contributed by atoms with Gasteiger partial charge in [0.05, 0.1) is 5.69 Å². The number of nitrogens with one attached hydrogen (secondary N) is 2. The molecule has 0 fully saturated rings. The number of rotatable bonds is 7. The first-order valence-corrected chi connectivity index (χ1v) is 8.54. The monoisotopic (exact) mass is 348 g/mol.